The Bertz CT molecular complexity index is 724. The summed E-state index contributed by atoms with van der Waals surface area (Å²) in [4.78, 5) is 4.35. The number of halogens is 1. The first-order valence-corrected chi connectivity index (χ1v) is 6.16. The molecule has 0 saturated heterocycles. The molecule has 96 valence electrons. The van der Waals surface area contributed by atoms with Gasteiger partial charge in [-0.2, -0.15) is 4.98 Å². The van der Waals surface area contributed by atoms with Crippen LogP contribution in [0.15, 0.2) is 48.7 Å². The van der Waals surface area contributed by atoms with Gasteiger partial charge >= 0.3 is 0 Å². The summed E-state index contributed by atoms with van der Waals surface area (Å²) in [5.74, 6) is 0.974. The fraction of sp³-hybridized carbons (Fsp3) is 0.0714. The van der Waals surface area contributed by atoms with Gasteiger partial charge in [-0.3, -0.25) is 4.40 Å². The summed E-state index contributed by atoms with van der Waals surface area (Å²) in [5, 5.41) is 10.1. The SMILES string of the molecule is OCc1c(Oc2cccc(Cl)c2)nc2ccccn12. The van der Waals surface area contributed by atoms with Crippen molar-refractivity contribution in [2.45, 2.75) is 6.61 Å². The lowest BCUT2D eigenvalue weighted by Gasteiger charge is -2.04. The topological polar surface area (TPSA) is 46.8 Å². The highest BCUT2D eigenvalue weighted by Gasteiger charge is 2.13. The number of hydrogen-bond donors (Lipinski definition) is 1. The molecule has 2 aromatic heterocycles. The van der Waals surface area contributed by atoms with Crippen LogP contribution in [-0.2, 0) is 6.61 Å². The van der Waals surface area contributed by atoms with Gasteiger partial charge in [-0.15, -0.1) is 0 Å². The van der Waals surface area contributed by atoms with Crippen LogP contribution in [0.2, 0.25) is 5.02 Å². The van der Waals surface area contributed by atoms with Crippen molar-refractivity contribution < 1.29 is 9.84 Å². The second kappa shape index (κ2) is 4.91. The average Bonchev–Trinajstić information content (AvgIpc) is 2.75. The highest BCUT2D eigenvalue weighted by atomic mass is 35.5. The third-order valence-corrected chi connectivity index (χ3v) is 2.99. The first-order valence-electron chi connectivity index (χ1n) is 5.78. The van der Waals surface area contributed by atoms with Crippen LogP contribution in [-0.4, -0.2) is 14.5 Å². The molecule has 0 fully saturated rings. The van der Waals surface area contributed by atoms with E-state index in [0.29, 0.717) is 22.3 Å². The summed E-state index contributed by atoms with van der Waals surface area (Å²) in [7, 11) is 0. The summed E-state index contributed by atoms with van der Waals surface area (Å²) in [6, 6.07) is 12.7. The number of rotatable bonds is 3. The number of benzene rings is 1. The Labute approximate surface area is 114 Å². The Hall–Kier alpha value is -2.04. The summed E-state index contributed by atoms with van der Waals surface area (Å²) < 4.78 is 7.48. The smallest absolute Gasteiger partial charge is 0.243 e. The van der Waals surface area contributed by atoms with Crippen LogP contribution in [0.1, 0.15) is 5.69 Å². The molecule has 0 aliphatic carbocycles. The lowest BCUT2D eigenvalue weighted by molar-refractivity contribution is 0.269. The molecule has 1 N–H and O–H groups in total. The molecule has 0 saturated carbocycles. The van der Waals surface area contributed by atoms with Gasteiger partial charge in [0.1, 0.15) is 17.1 Å². The maximum absolute atomic E-state index is 9.47. The van der Waals surface area contributed by atoms with Gasteiger partial charge in [-0.1, -0.05) is 23.7 Å². The number of imidazole rings is 1. The van der Waals surface area contributed by atoms with Crippen molar-refractivity contribution in [2.24, 2.45) is 0 Å². The van der Waals surface area contributed by atoms with Crippen LogP contribution in [0.3, 0.4) is 0 Å². The second-order valence-electron chi connectivity index (χ2n) is 4.01. The van der Waals surface area contributed by atoms with Crippen molar-refractivity contribution in [2.75, 3.05) is 0 Å². The fourth-order valence-electron chi connectivity index (χ4n) is 1.89. The zero-order valence-corrected chi connectivity index (χ0v) is 10.7. The van der Waals surface area contributed by atoms with Gasteiger partial charge in [0.05, 0.1) is 6.61 Å². The molecule has 3 aromatic rings. The third-order valence-electron chi connectivity index (χ3n) is 2.75. The minimum atomic E-state index is -0.152. The Morgan fingerprint density at radius 3 is 2.89 bits per heavy atom. The number of fused-ring (bicyclic) bond motifs is 1. The Morgan fingerprint density at radius 1 is 1.21 bits per heavy atom. The number of aliphatic hydroxyl groups excluding tert-OH is 1. The van der Waals surface area contributed by atoms with Crippen molar-refractivity contribution >= 4 is 17.2 Å². The van der Waals surface area contributed by atoms with E-state index < -0.39 is 0 Å². The molecule has 0 aliphatic rings. The van der Waals surface area contributed by atoms with E-state index in [1.165, 1.54) is 0 Å². The molecule has 4 nitrogen and oxygen atoms in total. The standard InChI is InChI=1S/C14H11ClN2O2/c15-10-4-3-5-11(8-10)19-14-12(9-18)17-7-2-1-6-13(17)16-14/h1-8,18H,9H2. The number of hydrogen-bond acceptors (Lipinski definition) is 3. The predicted molar refractivity (Wildman–Crippen MR) is 72.6 cm³/mol. The highest BCUT2D eigenvalue weighted by molar-refractivity contribution is 6.30. The van der Waals surface area contributed by atoms with Crippen LogP contribution in [0, 0.1) is 0 Å². The van der Waals surface area contributed by atoms with E-state index in [0.717, 1.165) is 5.65 Å². The van der Waals surface area contributed by atoms with Crippen LogP contribution < -0.4 is 4.74 Å². The van der Waals surface area contributed by atoms with Crippen molar-refractivity contribution in [3.63, 3.8) is 0 Å². The van der Waals surface area contributed by atoms with Gasteiger partial charge in [0.15, 0.2) is 0 Å². The van der Waals surface area contributed by atoms with E-state index in [-0.39, 0.29) is 6.61 Å². The zero-order valence-electron chi connectivity index (χ0n) is 9.95. The maximum Gasteiger partial charge on any atom is 0.243 e. The molecule has 5 heteroatoms. The third kappa shape index (κ3) is 2.28. The van der Waals surface area contributed by atoms with Gasteiger partial charge in [0.25, 0.3) is 0 Å². The normalized spacial score (nSPS) is 10.8. The van der Waals surface area contributed by atoms with Gasteiger partial charge in [-0.25, -0.2) is 0 Å². The Kier molecular flexibility index (Phi) is 3.11. The maximum atomic E-state index is 9.47. The van der Waals surface area contributed by atoms with E-state index >= 15 is 0 Å². The minimum Gasteiger partial charge on any atom is -0.437 e. The summed E-state index contributed by atoms with van der Waals surface area (Å²) in [5.41, 5.74) is 1.33. The number of ether oxygens (including phenoxy) is 1. The molecule has 19 heavy (non-hydrogen) atoms. The zero-order chi connectivity index (χ0) is 13.2. The lowest BCUT2D eigenvalue weighted by atomic mass is 10.3. The van der Waals surface area contributed by atoms with Crippen LogP contribution >= 0.6 is 11.6 Å². The van der Waals surface area contributed by atoms with Crippen molar-refractivity contribution in [1.29, 1.82) is 0 Å². The summed E-state index contributed by atoms with van der Waals surface area (Å²) >= 11 is 5.91. The molecule has 1 aromatic carbocycles. The van der Waals surface area contributed by atoms with Gasteiger partial charge in [0, 0.05) is 11.2 Å². The monoisotopic (exact) mass is 274 g/mol. The molecule has 3 rings (SSSR count). The fourth-order valence-corrected chi connectivity index (χ4v) is 2.07. The highest BCUT2D eigenvalue weighted by Crippen LogP contribution is 2.27. The van der Waals surface area contributed by atoms with Crippen molar-refractivity contribution in [1.82, 2.24) is 9.38 Å². The van der Waals surface area contributed by atoms with Crippen molar-refractivity contribution in [3.8, 4) is 11.6 Å². The number of nitrogens with zero attached hydrogens (tertiary/aromatic N) is 2. The lowest BCUT2D eigenvalue weighted by Crippen LogP contribution is -1.94. The Morgan fingerprint density at radius 2 is 2.11 bits per heavy atom. The van der Waals surface area contributed by atoms with Crippen LogP contribution in [0.4, 0.5) is 0 Å². The van der Waals surface area contributed by atoms with Crippen LogP contribution in [0.5, 0.6) is 11.6 Å². The minimum absolute atomic E-state index is 0.152. The van der Waals surface area contributed by atoms with Crippen molar-refractivity contribution in [3.05, 3.63) is 59.4 Å². The van der Waals surface area contributed by atoms with E-state index in [4.69, 9.17) is 16.3 Å². The van der Waals surface area contributed by atoms with Gasteiger partial charge in [0.2, 0.25) is 5.88 Å². The first-order chi connectivity index (χ1) is 9.28. The molecular formula is C14H11ClN2O2. The molecule has 0 radical (unpaired) electrons. The number of aliphatic hydroxyl groups is 1. The summed E-state index contributed by atoms with van der Waals surface area (Å²) in [6.07, 6.45) is 1.83. The van der Waals surface area contributed by atoms with E-state index in [2.05, 4.69) is 4.98 Å². The van der Waals surface area contributed by atoms with E-state index in [1.807, 2.05) is 24.4 Å². The predicted octanol–water partition coefficient (Wildman–Crippen LogP) is 3.27. The first kappa shape index (κ1) is 12.0. The average molecular weight is 275 g/mol. The van der Waals surface area contributed by atoms with E-state index in [1.54, 1.807) is 28.7 Å². The molecule has 0 aliphatic heterocycles. The molecule has 0 unspecified atom stereocenters. The van der Waals surface area contributed by atoms with Gasteiger partial charge < -0.3 is 9.84 Å². The quantitative estimate of drug-likeness (QED) is 0.797. The largest absolute Gasteiger partial charge is 0.437 e. The number of aromatic nitrogens is 2. The molecule has 0 amide bonds. The number of pyridine rings is 1. The second-order valence-corrected chi connectivity index (χ2v) is 4.45. The molecule has 2 heterocycles. The molecular weight excluding hydrogens is 264 g/mol. The Balaban J connectivity index is 2.05. The molecule has 0 spiro atoms. The summed E-state index contributed by atoms with van der Waals surface area (Å²) in [6.45, 7) is -0.152. The molecule has 0 bridgehead atoms. The molecule has 0 atom stereocenters. The van der Waals surface area contributed by atoms with Crippen LogP contribution in [0.25, 0.3) is 5.65 Å². The van der Waals surface area contributed by atoms with Gasteiger partial charge in [-0.05, 0) is 30.3 Å². The van der Waals surface area contributed by atoms with E-state index in [9.17, 15) is 5.11 Å².